The Bertz CT molecular complexity index is 342. The van der Waals surface area contributed by atoms with Gasteiger partial charge in [-0.25, -0.2) is 4.98 Å². The Labute approximate surface area is 94.5 Å². The van der Waals surface area contributed by atoms with Crippen LogP contribution in [0.5, 0.6) is 5.88 Å². The highest BCUT2D eigenvalue weighted by molar-refractivity contribution is 5.66. The Balaban J connectivity index is 2.23. The van der Waals surface area contributed by atoms with Gasteiger partial charge in [0.2, 0.25) is 5.88 Å². The highest BCUT2D eigenvalue weighted by Gasteiger charge is 1.98. The molecule has 1 rings (SSSR count). The molecular weight excluding hydrogens is 208 g/mol. The van der Waals surface area contributed by atoms with Crippen LogP contribution in [0.2, 0.25) is 0 Å². The fourth-order valence-corrected chi connectivity index (χ4v) is 1.27. The van der Waals surface area contributed by atoms with Crippen LogP contribution in [0.1, 0.15) is 18.4 Å². The first-order valence-electron chi connectivity index (χ1n) is 5.14. The fraction of sp³-hybridized carbons (Fsp3) is 0.455. The molecule has 0 bridgehead atoms. The van der Waals surface area contributed by atoms with Crippen LogP contribution in [0.15, 0.2) is 18.3 Å². The average molecular weight is 224 g/mol. The zero-order valence-electron chi connectivity index (χ0n) is 9.27. The summed E-state index contributed by atoms with van der Waals surface area (Å²) < 4.78 is 5.00. The predicted octanol–water partition coefficient (Wildman–Crippen LogP) is 1.04. The molecule has 1 heterocycles. The van der Waals surface area contributed by atoms with Gasteiger partial charge in [0.25, 0.3) is 0 Å². The summed E-state index contributed by atoms with van der Waals surface area (Å²) in [4.78, 5) is 14.3. The molecule has 0 atom stereocenters. The summed E-state index contributed by atoms with van der Waals surface area (Å²) in [5.41, 5.74) is 1.07. The van der Waals surface area contributed by atoms with Crippen molar-refractivity contribution in [2.45, 2.75) is 19.4 Å². The van der Waals surface area contributed by atoms with Crippen molar-refractivity contribution in [2.24, 2.45) is 0 Å². The molecule has 0 aromatic carbocycles. The summed E-state index contributed by atoms with van der Waals surface area (Å²) >= 11 is 0. The smallest absolute Gasteiger partial charge is 0.303 e. The fourth-order valence-electron chi connectivity index (χ4n) is 1.27. The molecule has 0 saturated carbocycles. The molecule has 2 N–H and O–H groups in total. The van der Waals surface area contributed by atoms with E-state index in [0.29, 0.717) is 25.4 Å². The van der Waals surface area contributed by atoms with Crippen LogP contribution < -0.4 is 10.1 Å². The number of rotatable bonds is 7. The van der Waals surface area contributed by atoms with Gasteiger partial charge in [-0.3, -0.25) is 4.79 Å². The number of hydrogen-bond donors (Lipinski definition) is 2. The molecule has 0 unspecified atom stereocenters. The van der Waals surface area contributed by atoms with Crippen LogP contribution >= 0.6 is 0 Å². The summed E-state index contributed by atoms with van der Waals surface area (Å²) in [6, 6.07) is 3.75. The minimum atomic E-state index is -0.757. The summed E-state index contributed by atoms with van der Waals surface area (Å²) in [5, 5.41) is 11.6. The van der Waals surface area contributed by atoms with E-state index in [1.165, 1.54) is 0 Å². The number of nitrogens with one attached hydrogen (secondary N) is 1. The van der Waals surface area contributed by atoms with E-state index in [0.717, 1.165) is 5.56 Å². The molecule has 0 aliphatic heterocycles. The van der Waals surface area contributed by atoms with Gasteiger partial charge in [0.05, 0.1) is 7.11 Å². The molecule has 0 radical (unpaired) electrons. The summed E-state index contributed by atoms with van der Waals surface area (Å²) in [6.45, 7) is 1.38. The lowest BCUT2D eigenvalue weighted by molar-refractivity contribution is -0.137. The maximum absolute atomic E-state index is 10.3. The average Bonchev–Trinajstić information content (AvgIpc) is 2.28. The van der Waals surface area contributed by atoms with Gasteiger partial charge >= 0.3 is 5.97 Å². The van der Waals surface area contributed by atoms with E-state index in [2.05, 4.69) is 10.3 Å². The number of ether oxygens (including phenoxy) is 1. The Morgan fingerprint density at radius 3 is 3.12 bits per heavy atom. The number of carbonyl (C=O) groups is 1. The Morgan fingerprint density at radius 2 is 2.44 bits per heavy atom. The van der Waals surface area contributed by atoms with Gasteiger partial charge in [-0.2, -0.15) is 0 Å². The lowest BCUT2D eigenvalue weighted by Crippen LogP contribution is -2.15. The number of hydrogen-bond acceptors (Lipinski definition) is 4. The van der Waals surface area contributed by atoms with Crippen molar-refractivity contribution in [3.05, 3.63) is 23.9 Å². The highest BCUT2D eigenvalue weighted by Crippen LogP contribution is 2.07. The molecule has 0 saturated heterocycles. The van der Waals surface area contributed by atoms with E-state index in [4.69, 9.17) is 9.84 Å². The minimum Gasteiger partial charge on any atom is -0.481 e. The van der Waals surface area contributed by atoms with Crippen molar-refractivity contribution in [1.82, 2.24) is 10.3 Å². The van der Waals surface area contributed by atoms with Gasteiger partial charge in [0, 0.05) is 25.2 Å². The van der Waals surface area contributed by atoms with Gasteiger partial charge < -0.3 is 15.2 Å². The maximum atomic E-state index is 10.3. The van der Waals surface area contributed by atoms with Crippen molar-refractivity contribution < 1.29 is 14.6 Å². The molecule has 1 aromatic heterocycles. The second kappa shape index (κ2) is 6.79. The monoisotopic (exact) mass is 224 g/mol. The van der Waals surface area contributed by atoms with Crippen molar-refractivity contribution >= 4 is 5.97 Å². The molecule has 5 heteroatoms. The first-order valence-corrected chi connectivity index (χ1v) is 5.14. The molecular formula is C11H16N2O3. The molecule has 0 spiro atoms. The quantitative estimate of drug-likeness (QED) is 0.677. The lowest BCUT2D eigenvalue weighted by Gasteiger charge is -2.05. The van der Waals surface area contributed by atoms with Gasteiger partial charge in [-0.1, -0.05) is 0 Å². The van der Waals surface area contributed by atoms with Crippen molar-refractivity contribution in [3.63, 3.8) is 0 Å². The van der Waals surface area contributed by atoms with Crippen molar-refractivity contribution in [2.75, 3.05) is 13.7 Å². The van der Waals surface area contributed by atoms with E-state index in [1.54, 1.807) is 13.3 Å². The first-order chi connectivity index (χ1) is 7.72. The molecule has 5 nitrogen and oxygen atoms in total. The number of aliphatic carboxylic acids is 1. The van der Waals surface area contributed by atoms with Crippen LogP contribution in [-0.2, 0) is 11.3 Å². The van der Waals surface area contributed by atoms with Gasteiger partial charge in [0.1, 0.15) is 0 Å². The zero-order valence-corrected chi connectivity index (χ0v) is 9.27. The van der Waals surface area contributed by atoms with E-state index in [-0.39, 0.29) is 6.42 Å². The molecule has 88 valence electrons. The summed E-state index contributed by atoms with van der Waals surface area (Å²) in [7, 11) is 1.58. The van der Waals surface area contributed by atoms with Gasteiger partial charge in [-0.05, 0) is 24.6 Å². The number of aromatic nitrogens is 1. The Hall–Kier alpha value is -1.62. The van der Waals surface area contributed by atoms with E-state index >= 15 is 0 Å². The van der Waals surface area contributed by atoms with Crippen LogP contribution in [-0.4, -0.2) is 29.7 Å². The van der Waals surface area contributed by atoms with E-state index in [1.807, 2.05) is 12.1 Å². The number of carboxylic acid groups (broad SMARTS) is 1. The molecule has 0 aliphatic carbocycles. The number of methoxy groups -OCH3 is 1. The van der Waals surface area contributed by atoms with Gasteiger partial charge in [0.15, 0.2) is 0 Å². The number of carboxylic acids is 1. The molecule has 0 fully saturated rings. The number of pyridine rings is 1. The van der Waals surface area contributed by atoms with Crippen LogP contribution in [0.25, 0.3) is 0 Å². The largest absolute Gasteiger partial charge is 0.481 e. The second-order valence-electron chi connectivity index (χ2n) is 3.38. The normalized spacial score (nSPS) is 10.1. The molecule has 0 aliphatic rings. The third-order valence-electron chi connectivity index (χ3n) is 2.08. The second-order valence-corrected chi connectivity index (χ2v) is 3.38. The molecule has 0 amide bonds. The lowest BCUT2D eigenvalue weighted by atomic mass is 10.2. The standard InChI is InChI=1S/C11H16N2O3/c1-16-10-7-9(4-6-13-10)8-12-5-2-3-11(14)15/h4,6-7,12H,2-3,5,8H2,1H3,(H,14,15). The number of nitrogens with zero attached hydrogens (tertiary/aromatic N) is 1. The molecule has 16 heavy (non-hydrogen) atoms. The SMILES string of the molecule is COc1cc(CNCCCC(=O)O)ccn1. The van der Waals surface area contributed by atoms with Crippen molar-refractivity contribution in [1.29, 1.82) is 0 Å². The zero-order chi connectivity index (χ0) is 11.8. The maximum Gasteiger partial charge on any atom is 0.303 e. The Kier molecular flexibility index (Phi) is 5.28. The topological polar surface area (TPSA) is 71.5 Å². The summed E-state index contributed by atoms with van der Waals surface area (Å²) in [6.07, 6.45) is 2.53. The Morgan fingerprint density at radius 1 is 1.62 bits per heavy atom. The third-order valence-corrected chi connectivity index (χ3v) is 2.08. The van der Waals surface area contributed by atoms with Crippen LogP contribution in [0, 0.1) is 0 Å². The highest BCUT2D eigenvalue weighted by atomic mass is 16.5. The third kappa shape index (κ3) is 4.75. The van der Waals surface area contributed by atoms with Crippen LogP contribution in [0.4, 0.5) is 0 Å². The minimum absolute atomic E-state index is 0.201. The first kappa shape index (κ1) is 12.4. The van der Waals surface area contributed by atoms with Crippen molar-refractivity contribution in [3.8, 4) is 5.88 Å². The van der Waals surface area contributed by atoms with E-state index in [9.17, 15) is 4.79 Å². The summed E-state index contributed by atoms with van der Waals surface area (Å²) in [5.74, 6) is -0.169. The van der Waals surface area contributed by atoms with E-state index < -0.39 is 5.97 Å². The molecule has 1 aromatic rings. The van der Waals surface area contributed by atoms with Crippen LogP contribution in [0.3, 0.4) is 0 Å². The predicted molar refractivity (Wildman–Crippen MR) is 59.4 cm³/mol. The van der Waals surface area contributed by atoms with Gasteiger partial charge in [-0.15, -0.1) is 0 Å².